The average molecular weight is 299 g/mol. The molecule has 1 aromatic carbocycles. The summed E-state index contributed by atoms with van der Waals surface area (Å²) in [6.07, 6.45) is -0.740. The van der Waals surface area contributed by atoms with E-state index in [1.165, 1.54) is 18.2 Å². The van der Waals surface area contributed by atoms with Crippen molar-refractivity contribution < 1.29 is 14.2 Å². The van der Waals surface area contributed by atoms with Crippen molar-refractivity contribution in [3.63, 3.8) is 0 Å². The number of aliphatic hydroxyl groups is 1. The van der Waals surface area contributed by atoms with Crippen molar-refractivity contribution in [1.82, 2.24) is 9.78 Å². The maximum Gasteiger partial charge on any atom is 0.133 e. The van der Waals surface area contributed by atoms with Gasteiger partial charge < -0.3 is 9.84 Å². The predicted molar refractivity (Wildman–Crippen MR) is 74.3 cm³/mol. The Bertz CT molecular complexity index is 626. The lowest BCUT2D eigenvalue weighted by Crippen LogP contribution is -2.02. The Balaban J connectivity index is 2.24. The number of aryl methyl sites for hydroxylation is 2. The monoisotopic (exact) mass is 298 g/mol. The molecule has 0 saturated carbocycles. The molecule has 1 N–H and O–H groups in total. The van der Waals surface area contributed by atoms with Gasteiger partial charge in [-0.2, -0.15) is 5.10 Å². The normalized spacial score (nSPS) is 12.5. The lowest BCUT2D eigenvalue weighted by Gasteiger charge is -2.13. The largest absolute Gasteiger partial charge is 0.488 e. The molecule has 0 aliphatic heterocycles. The number of ether oxygens (including phenoxy) is 1. The van der Waals surface area contributed by atoms with Crippen LogP contribution in [0.4, 0.5) is 4.39 Å². The van der Waals surface area contributed by atoms with Crippen molar-refractivity contribution >= 4 is 11.6 Å². The van der Waals surface area contributed by atoms with E-state index in [0.29, 0.717) is 16.5 Å². The van der Waals surface area contributed by atoms with Crippen LogP contribution in [0.1, 0.15) is 29.8 Å². The maximum absolute atomic E-state index is 13.3. The van der Waals surface area contributed by atoms with Crippen LogP contribution in [0, 0.1) is 12.7 Å². The number of aliphatic hydroxyl groups excluding tert-OH is 1. The third-order valence-corrected chi connectivity index (χ3v) is 3.54. The molecule has 0 amide bonds. The van der Waals surface area contributed by atoms with Gasteiger partial charge in [0.2, 0.25) is 0 Å². The van der Waals surface area contributed by atoms with Gasteiger partial charge in [0.1, 0.15) is 23.3 Å². The van der Waals surface area contributed by atoms with Gasteiger partial charge in [-0.05, 0) is 26.0 Å². The Morgan fingerprint density at radius 2 is 2.20 bits per heavy atom. The van der Waals surface area contributed by atoms with Crippen LogP contribution in [0.2, 0.25) is 5.15 Å². The lowest BCUT2D eigenvalue weighted by atomic mass is 10.1. The summed E-state index contributed by atoms with van der Waals surface area (Å²) in [5, 5.41) is 14.3. The molecule has 0 fully saturated rings. The van der Waals surface area contributed by atoms with E-state index in [2.05, 4.69) is 5.10 Å². The molecular weight excluding hydrogens is 283 g/mol. The smallest absolute Gasteiger partial charge is 0.133 e. The number of hydrogen-bond donors (Lipinski definition) is 1. The molecule has 0 spiro atoms. The Hall–Kier alpha value is -1.59. The number of halogens is 2. The lowest BCUT2D eigenvalue weighted by molar-refractivity contribution is 0.190. The van der Waals surface area contributed by atoms with Gasteiger partial charge in [0.15, 0.2) is 0 Å². The van der Waals surface area contributed by atoms with Crippen molar-refractivity contribution in [2.45, 2.75) is 26.6 Å². The summed E-state index contributed by atoms with van der Waals surface area (Å²) in [5.41, 5.74) is 2.03. The van der Waals surface area contributed by atoms with E-state index in [9.17, 15) is 9.50 Å². The first-order chi connectivity index (χ1) is 9.40. The molecule has 0 saturated heterocycles. The summed E-state index contributed by atoms with van der Waals surface area (Å²) in [6, 6.07) is 4.05. The van der Waals surface area contributed by atoms with Crippen LogP contribution in [0.3, 0.4) is 0 Å². The van der Waals surface area contributed by atoms with E-state index in [0.717, 1.165) is 11.3 Å². The summed E-state index contributed by atoms with van der Waals surface area (Å²) < 4.78 is 20.4. The summed E-state index contributed by atoms with van der Waals surface area (Å²) >= 11 is 6.11. The molecule has 1 aromatic heterocycles. The molecule has 0 bridgehead atoms. The van der Waals surface area contributed by atoms with Crippen LogP contribution in [-0.4, -0.2) is 14.9 Å². The second-order valence-electron chi connectivity index (χ2n) is 4.63. The van der Waals surface area contributed by atoms with Crippen LogP contribution in [0.5, 0.6) is 5.75 Å². The molecule has 6 heteroatoms. The minimum atomic E-state index is -0.740. The number of rotatable bonds is 4. The summed E-state index contributed by atoms with van der Waals surface area (Å²) in [5.74, 6) is -0.113. The number of hydrogen-bond acceptors (Lipinski definition) is 3. The molecule has 108 valence electrons. The maximum atomic E-state index is 13.3. The van der Waals surface area contributed by atoms with Gasteiger partial charge in [0.05, 0.1) is 11.8 Å². The predicted octanol–water partition coefficient (Wildman–Crippen LogP) is 3.15. The van der Waals surface area contributed by atoms with Gasteiger partial charge in [-0.1, -0.05) is 11.6 Å². The van der Waals surface area contributed by atoms with E-state index in [-0.39, 0.29) is 6.61 Å². The van der Waals surface area contributed by atoms with Gasteiger partial charge in [-0.15, -0.1) is 0 Å². The van der Waals surface area contributed by atoms with Crippen molar-refractivity contribution in [2.75, 3.05) is 0 Å². The highest BCUT2D eigenvalue weighted by atomic mass is 35.5. The van der Waals surface area contributed by atoms with Crippen LogP contribution in [-0.2, 0) is 13.7 Å². The summed E-state index contributed by atoms with van der Waals surface area (Å²) in [7, 11) is 1.74. The first kappa shape index (κ1) is 14.8. The Morgan fingerprint density at radius 1 is 1.50 bits per heavy atom. The third-order valence-electron chi connectivity index (χ3n) is 3.07. The molecule has 1 atom stereocenters. The Labute approximate surface area is 121 Å². The molecule has 4 nitrogen and oxygen atoms in total. The first-order valence-electron chi connectivity index (χ1n) is 6.18. The van der Waals surface area contributed by atoms with E-state index >= 15 is 0 Å². The molecule has 2 rings (SSSR count). The minimum absolute atomic E-state index is 0.168. The molecule has 0 radical (unpaired) electrons. The molecule has 2 aromatic rings. The van der Waals surface area contributed by atoms with Gasteiger partial charge in [-0.3, -0.25) is 4.68 Å². The van der Waals surface area contributed by atoms with E-state index in [4.69, 9.17) is 16.3 Å². The molecule has 0 aliphatic rings. The van der Waals surface area contributed by atoms with Gasteiger partial charge in [0, 0.05) is 24.2 Å². The van der Waals surface area contributed by atoms with Crippen LogP contribution >= 0.6 is 11.6 Å². The zero-order valence-electron chi connectivity index (χ0n) is 11.5. The first-order valence-corrected chi connectivity index (χ1v) is 6.56. The Morgan fingerprint density at radius 3 is 2.75 bits per heavy atom. The van der Waals surface area contributed by atoms with Crippen molar-refractivity contribution in [3.8, 4) is 5.75 Å². The van der Waals surface area contributed by atoms with E-state index < -0.39 is 11.9 Å². The number of aromatic nitrogens is 2. The van der Waals surface area contributed by atoms with Crippen LogP contribution in [0.15, 0.2) is 18.2 Å². The standard InChI is InChI=1S/C14H16ClFN2O2/c1-8-12(14(15)18(3)17-8)7-20-13-6-10(16)4-5-11(13)9(2)19/h4-6,9,19H,7H2,1-3H3/t9-/m0/s1. The van der Waals surface area contributed by atoms with Crippen LogP contribution < -0.4 is 4.74 Å². The SMILES string of the molecule is Cc1nn(C)c(Cl)c1COc1cc(F)ccc1[C@H](C)O. The highest BCUT2D eigenvalue weighted by molar-refractivity contribution is 6.30. The van der Waals surface area contributed by atoms with E-state index in [1.54, 1.807) is 18.7 Å². The minimum Gasteiger partial charge on any atom is -0.488 e. The zero-order chi connectivity index (χ0) is 14.9. The average Bonchev–Trinajstić information content (AvgIpc) is 2.61. The van der Waals surface area contributed by atoms with Gasteiger partial charge >= 0.3 is 0 Å². The molecular formula is C14H16ClFN2O2. The highest BCUT2D eigenvalue weighted by Gasteiger charge is 2.15. The topological polar surface area (TPSA) is 47.3 Å². The van der Waals surface area contributed by atoms with Crippen molar-refractivity contribution in [1.29, 1.82) is 0 Å². The van der Waals surface area contributed by atoms with Gasteiger partial charge in [0.25, 0.3) is 0 Å². The summed E-state index contributed by atoms with van der Waals surface area (Å²) in [4.78, 5) is 0. The Kier molecular flexibility index (Phi) is 4.30. The molecule has 20 heavy (non-hydrogen) atoms. The molecule has 1 heterocycles. The zero-order valence-corrected chi connectivity index (χ0v) is 12.3. The quantitative estimate of drug-likeness (QED) is 0.943. The van der Waals surface area contributed by atoms with Crippen LogP contribution in [0.25, 0.3) is 0 Å². The number of benzene rings is 1. The van der Waals surface area contributed by atoms with Crippen molar-refractivity contribution in [3.05, 3.63) is 46.0 Å². The van der Waals surface area contributed by atoms with E-state index in [1.807, 2.05) is 6.92 Å². The third kappa shape index (κ3) is 2.94. The number of nitrogens with zero attached hydrogens (tertiary/aromatic N) is 2. The van der Waals surface area contributed by atoms with Crippen molar-refractivity contribution in [2.24, 2.45) is 7.05 Å². The molecule has 0 aliphatic carbocycles. The summed E-state index contributed by atoms with van der Waals surface area (Å²) in [6.45, 7) is 3.59. The molecule has 0 unspecified atom stereocenters. The van der Waals surface area contributed by atoms with Gasteiger partial charge in [-0.25, -0.2) is 4.39 Å². The fourth-order valence-electron chi connectivity index (χ4n) is 1.97. The fourth-order valence-corrected chi connectivity index (χ4v) is 2.20. The second-order valence-corrected chi connectivity index (χ2v) is 4.98. The fraction of sp³-hybridized carbons (Fsp3) is 0.357. The highest BCUT2D eigenvalue weighted by Crippen LogP contribution is 2.28. The second kappa shape index (κ2) is 5.81.